The molecule has 1 saturated heterocycles. The van der Waals surface area contributed by atoms with Gasteiger partial charge in [-0.3, -0.25) is 4.79 Å². The molecule has 1 fully saturated rings. The average Bonchev–Trinajstić information content (AvgIpc) is 3.02. The molecule has 1 aliphatic rings. The third-order valence-corrected chi connectivity index (χ3v) is 4.67. The van der Waals surface area contributed by atoms with Gasteiger partial charge in [0.15, 0.2) is 5.69 Å². The summed E-state index contributed by atoms with van der Waals surface area (Å²) in [4.78, 5) is 26.5. The Morgan fingerprint density at radius 3 is 2.38 bits per heavy atom. The van der Waals surface area contributed by atoms with Gasteiger partial charge in [0, 0.05) is 19.1 Å². The van der Waals surface area contributed by atoms with E-state index in [0.717, 1.165) is 0 Å². The van der Waals surface area contributed by atoms with E-state index in [2.05, 4.69) is 15.6 Å². The van der Waals surface area contributed by atoms with Crippen LogP contribution in [0.25, 0.3) is 5.69 Å². The van der Waals surface area contributed by atoms with E-state index in [1.807, 2.05) is 20.8 Å². The fraction of sp³-hybridized carbons (Fsp3) is 0.500. The Morgan fingerprint density at radius 1 is 1.17 bits per heavy atom. The molecule has 2 amide bonds. The highest BCUT2D eigenvalue weighted by Crippen LogP contribution is 2.18. The number of halogens is 1. The highest BCUT2D eigenvalue weighted by Gasteiger charge is 2.29. The Kier molecular flexibility index (Phi) is 5.86. The first-order valence-electron chi connectivity index (χ1n) is 9.61. The fourth-order valence-electron chi connectivity index (χ4n) is 3.21. The van der Waals surface area contributed by atoms with Crippen molar-refractivity contribution in [1.29, 1.82) is 0 Å². The van der Waals surface area contributed by atoms with Crippen molar-refractivity contribution >= 4 is 12.0 Å². The minimum atomic E-state index is -0.547. The molecule has 2 aromatic rings. The molecule has 1 aromatic carbocycles. The molecule has 1 aliphatic heterocycles. The summed E-state index contributed by atoms with van der Waals surface area (Å²) in [5.41, 5.74) is 0.952. The van der Waals surface area contributed by atoms with Gasteiger partial charge in [0.25, 0.3) is 5.91 Å². The van der Waals surface area contributed by atoms with Crippen LogP contribution in [0.15, 0.2) is 24.3 Å². The van der Waals surface area contributed by atoms with E-state index in [0.29, 0.717) is 37.3 Å². The van der Waals surface area contributed by atoms with Crippen molar-refractivity contribution in [3.8, 4) is 5.69 Å². The lowest BCUT2D eigenvalue weighted by molar-refractivity contribution is 0.0473. The topological polar surface area (TPSA) is 89.3 Å². The Balaban J connectivity index is 1.60. The van der Waals surface area contributed by atoms with Gasteiger partial charge in [0.05, 0.1) is 11.4 Å². The van der Waals surface area contributed by atoms with Crippen molar-refractivity contribution in [2.45, 2.75) is 52.2 Å². The van der Waals surface area contributed by atoms with Crippen LogP contribution < -0.4 is 5.32 Å². The van der Waals surface area contributed by atoms with Gasteiger partial charge in [0.1, 0.15) is 11.4 Å². The second-order valence-corrected chi connectivity index (χ2v) is 8.12. The third kappa shape index (κ3) is 5.10. The molecule has 3 rings (SSSR count). The lowest BCUT2D eigenvalue weighted by atomic mass is 10.0. The van der Waals surface area contributed by atoms with Gasteiger partial charge in [-0.1, -0.05) is 5.21 Å². The number of nitrogens with one attached hydrogen (secondary N) is 1. The van der Waals surface area contributed by atoms with Crippen molar-refractivity contribution in [2.75, 3.05) is 13.1 Å². The second-order valence-electron chi connectivity index (χ2n) is 8.12. The zero-order chi connectivity index (χ0) is 21.2. The first-order valence-corrected chi connectivity index (χ1v) is 9.61. The summed E-state index contributed by atoms with van der Waals surface area (Å²) >= 11 is 0. The van der Waals surface area contributed by atoms with Crippen molar-refractivity contribution in [1.82, 2.24) is 25.2 Å². The Bertz CT molecular complexity index is 881. The Hall–Kier alpha value is -2.97. The van der Waals surface area contributed by atoms with E-state index in [1.54, 1.807) is 24.0 Å². The first-order chi connectivity index (χ1) is 13.6. The van der Waals surface area contributed by atoms with Crippen LogP contribution in [0.5, 0.6) is 0 Å². The maximum atomic E-state index is 13.1. The molecule has 0 bridgehead atoms. The number of alkyl carbamates (subject to hydrolysis) is 1. The van der Waals surface area contributed by atoms with Gasteiger partial charge in [0.2, 0.25) is 0 Å². The Morgan fingerprint density at radius 2 is 1.79 bits per heavy atom. The summed E-state index contributed by atoms with van der Waals surface area (Å²) in [6, 6.07) is 5.80. The van der Waals surface area contributed by atoms with Crippen LogP contribution in [0.4, 0.5) is 9.18 Å². The third-order valence-electron chi connectivity index (χ3n) is 4.67. The van der Waals surface area contributed by atoms with Crippen LogP contribution in [-0.4, -0.2) is 56.6 Å². The fourth-order valence-corrected chi connectivity index (χ4v) is 3.21. The predicted molar refractivity (Wildman–Crippen MR) is 104 cm³/mol. The predicted octanol–water partition coefficient (Wildman–Crippen LogP) is 2.84. The maximum Gasteiger partial charge on any atom is 0.407 e. The standard InChI is InChI=1S/C20H26FN5O3/c1-13-17(23-24-26(13)16-7-5-14(21)6-8-16)18(27)25-11-9-15(10-12-25)22-19(28)29-20(2,3)4/h5-8,15H,9-12H2,1-4H3,(H,22,28). The molecule has 1 aromatic heterocycles. The molecule has 0 radical (unpaired) electrons. The van der Waals surface area contributed by atoms with Crippen molar-refractivity contribution in [3.63, 3.8) is 0 Å². The molecule has 2 heterocycles. The molecule has 0 spiro atoms. The van der Waals surface area contributed by atoms with E-state index in [1.165, 1.54) is 16.8 Å². The maximum absolute atomic E-state index is 13.1. The van der Waals surface area contributed by atoms with Crippen LogP contribution in [-0.2, 0) is 4.74 Å². The van der Waals surface area contributed by atoms with E-state index in [9.17, 15) is 14.0 Å². The minimum Gasteiger partial charge on any atom is -0.444 e. The van der Waals surface area contributed by atoms with E-state index in [-0.39, 0.29) is 23.5 Å². The van der Waals surface area contributed by atoms with Crippen LogP contribution in [0, 0.1) is 12.7 Å². The number of aromatic nitrogens is 3. The number of ether oxygens (including phenoxy) is 1. The molecule has 0 aliphatic carbocycles. The van der Waals surface area contributed by atoms with Crippen LogP contribution in [0.1, 0.15) is 49.8 Å². The van der Waals surface area contributed by atoms with E-state index >= 15 is 0 Å². The lowest BCUT2D eigenvalue weighted by Crippen LogP contribution is -2.47. The smallest absolute Gasteiger partial charge is 0.407 e. The Labute approximate surface area is 169 Å². The zero-order valence-electron chi connectivity index (χ0n) is 17.1. The van der Waals surface area contributed by atoms with E-state index < -0.39 is 11.7 Å². The second kappa shape index (κ2) is 8.18. The number of hydrogen-bond acceptors (Lipinski definition) is 5. The summed E-state index contributed by atoms with van der Waals surface area (Å²) in [7, 11) is 0. The average molecular weight is 403 g/mol. The molecule has 8 nitrogen and oxygen atoms in total. The number of benzene rings is 1. The van der Waals surface area contributed by atoms with Crippen LogP contribution in [0.3, 0.4) is 0 Å². The largest absolute Gasteiger partial charge is 0.444 e. The molecule has 1 N–H and O–H groups in total. The monoisotopic (exact) mass is 403 g/mol. The molecule has 156 valence electrons. The minimum absolute atomic E-state index is 0.0371. The van der Waals surface area contributed by atoms with Crippen molar-refractivity contribution in [2.24, 2.45) is 0 Å². The molecule has 9 heteroatoms. The van der Waals surface area contributed by atoms with Crippen molar-refractivity contribution < 1.29 is 18.7 Å². The van der Waals surface area contributed by atoms with Crippen molar-refractivity contribution in [3.05, 3.63) is 41.5 Å². The number of hydrogen-bond donors (Lipinski definition) is 1. The van der Waals surface area contributed by atoms with Gasteiger partial charge < -0.3 is 15.0 Å². The van der Waals surface area contributed by atoms with Gasteiger partial charge in [-0.05, 0) is 64.8 Å². The van der Waals surface area contributed by atoms with Crippen LogP contribution in [0.2, 0.25) is 0 Å². The number of rotatable bonds is 3. The molecular weight excluding hydrogens is 377 g/mol. The molecule has 0 saturated carbocycles. The molecular formula is C20H26FN5O3. The number of carbonyl (C=O) groups excluding carboxylic acids is 2. The molecule has 0 atom stereocenters. The highest BCUT2D eigenvalue weighted by molar-refractivity contribution is 5.93. The molecule has 0 unspecified atom stereocenters. The summed E-state index contributed by atoms with van der Waals surface area (Å²) in [5.74, 6) is -0.544. The summed E-state index contributed by atoms with van der Waals surface area (Å²) in [6.45, 7) is 8.21. The summed E-state index contributed by atoms with van der Waals surface area (Å²) in [5, 5.41) is 10.9. The summed E-state index contributed by atoms with van der Waals surface area (Å²) < 4.78 is 19.9. The number of piperidine rings is 1. The number of nitrogens with zero attached hydrogens (tertiary/aromatic N) is 4. The molecule has 29 heavy (non-hydrogen) atoms. The first kappa shape index (κ1) is 20.8. The highest BCUT2D eigenvalue weighted by atomic mass is 19.1. The number of carbonyl (C=O) groups is 2. The van der Waals surface area contributed by atoms with Gasteiger partial charge >= 0.3 is 6.09 Å². The summed E-state index contributed by atoms with van der Waals surface area (Å²) in [6.07, 6.45) is 0.826. The SMILES string of the molecule is Cc1c(C(=O)N2CCC(NC(=O)OC(C)(C)C)CC2)nnn1-c1ccc(F)cc1. The van der Waals surface area contributed by atoms with Crippen LogP contribution >= 0.6 is 0 Å². The van der Waals surface area contributed by atoms with E-state index in [4.69, 9.17) is 4.74 Å². The number of amides is 2. The normalized spacial score (nSPS) is 15.3. The quantitative estimate of drug-likeness (QED) is 0.851. The van der Waals surface area contributed by atoms with Gasteiger partial charge in [-0.15, -0.1) is 5.10 Å². The number of likely N-dealkylation sites (tertiary alicyclic amines) is 1. The van der Waals surface area contributed by atoms with Gasteiger partial charge in [-0.2, -0.15) is 0 Å². The lowest BCUT2D eigenvalue weighted by Gasteiger charge is -2.32. The van der Waals surface area contributed by atoms with Gasteiger partial charge in [-0.25, -0.2) is 13.9 Å². The zero-order valence-corrected chi connectivity index (χ0v) is 17.1.